The van der Waals surface area contributed by atoms with Crippen molar-refractivity contribution in [2.75, 3.05) is 0 Å². The molecule has 18 heavy (non-hydrogen) atoms. The maximum Gasteiger partial charge on any atom is 0.0544 e. The summed E-state index contributed by atoms with van der Waals surface area (Å²) in [7, 11) is 0. The van der Waals surface area contributed by atoms with Gasteiger partial charge >= 0.3 is 0 Å². The molecule has 2 saturated carbocycles. The molecule has 0 aromatic carbocycles. The van der Waals surface area contributed by atoms with Gasteiger partial charge in [-0.3, -0.25) is 0 Å². The Kier molecular flexibility index (Phi) is 4.08. The molecule has 0 nitrogen and oxygen atoms in total. The molecule has 0 aromatic rings. The molecule has 0 heterocycles. The number of rotatable bonds is 0. The molecule has 0 aromatic heterocycles. The second-order valence-electron chi connectivity index (χ2n) is 6.86. The molecule has 0 N–H and O–H groups in total. The summed E-state index contributed by atoms with van der Waals surface area (Å²) in [5, 5.41) is 0. The molecule has 3 heteroatoms. The third kappa shape index (κ3) is 2.15. The van der Waals surface area contributed by atoms with E-state index in [0.717, 1.165) is 19.3 Å². The summed E-state index contributed by atoms with van der Waals surface area (Å²) in [6.07, 6.45) is 5.70. The summed E-state index contributed by atoms with van der Waals surface area (Å²) in [6, 6.07) is 0. The van der Waals surface area contributed by atoms with Crippen molar-refractivity contribution in [1.82, 2.24) is 0 Å². The minimum atomic E-state index is -0.110. The van der Waals surface area contributed by atoms with Crippen LogP contribution in [0.15, 0.2) is 12.2 Å². The first-order chi connectivity index (χ1) is 8.13. The third-order valence-electron chi connectivity index (χ3n) is 5.61. The van der Waals surface area contributed by atoms with Crippen LogP contribution < -0.4 is 0 Å². The van der Waals surface area contributed by atoms with Crippen LogP contribution >= 0.6 is 43.5 Å². The summed E-state index contributed by atoms with van der Waals surface area (Å²) in [6.45, 7) is 11.4. The van der Waals surface area contributed by atoms with Crippen LogP contribution in [0.25, 0.3) is 0 Å². The van der Waals surface area contributed by atoms with Crippen molar-refractivity contribution in [1.29, 1.82) is 0 Å². The lowest BCUT2D eigenvalue weighted by molar-refractivity contribution is 0.0343. The average molecular weight is 399 g/mol. The first-order valence-corrected chi connectivity index (χ1v) is 9.00. The van der Waals surface area contributed by atoms with Gasteiger partial charge in [0.05, 0.1) is 4.87 Å². The fraction of sp³-hybridized carbons (Fsp3) is 0.867. The molecule has 1 spiro atoms. The third-order valence-corrected chi connectivity index (χ3v) is 9.27. The molecule has 104 valence electrons. The van der Waals surface area contributed by atoms with Gasteiger partial charge in [0.25, 0.3) is 0 Å². The van der Waals surface area contributed by atoms with Crippen LogP contribution in [0.5, 0.6) is 0 Å². The van der Waals surface area contributed by atoms with E-state index in [1.165, 1.54) is 18.4 Å². The minimum Gasteiger partial charge on any atom is -0.118 e. The fourth-order valence-electron chi connectivity index (χ4n) is 3.80. The van der Waals surface area contributed by atoms with Crippen LogP contribution in [0.2, 0.25) is 0 Å². The monoisotopic (exact) mass is 396 g/mol. The van der Waals surface area contributed by atoms with Crippen molar-refractivity contribution in [2.45, 2.75) is 67.4 Å². The van der Waals surface area contributed by atoms with E-state index in [9.17, 15) is 0 Å². The summed E-state index contributed by atoms with van der Waals surface area (Å²) in [5.74, 6) is 0. The van der Waals surface area contributed by atoms with E-state index >= 15 is 0 Å². The predicted molar refractivity (Wildman–Crippen MR) is 88.1 cm³/mol. The number of alkyl halides is 3. The Morgan fingerprint density at radius 1 is 1.17 bits per heavy atom. The maximum atomic E-state index is 6.61. The normalized spacial score (nSPS) is 48.4. The Labute approximate surface area is 133 Å². The highest BCUT2D eigenvalue weighted by atomic mass is 79.9. The molecule has 2 fully saturated rings. The van der Waals surface area contributed by atoms with Crippen molar-refractivity contribution in [3.8, 4) is 0 Å². The molecule has 4 atom stereocenters. The van der Waals surface area contributed by atoms with Gasteiger partial charge in [-0.25, -0.2) is 0 Å². The van der Waals surface area contributed by atoms with Crippen molar-refractivity contribution < 1.29 is 0 Å². The number of halogens is 3. The molecular weight excluding hydrogens is 375 g/mol. The minimum absolute atomic E-state index is 0.110. The lowest BCUT2D eigenvalue weighted by Crippen LogP contribution is -2.54. The first kappa shape index (κ1) is 15.4. The summed E-state index contributed by atoms with van der Waals surface area (Å²) < 4.78 is 0. The zero-order chi connectivity index (χ0) is 13.8. The predicted octanol–water partition coefficient (Wildman–Crippen LogP) is 6.06. The number of hydrogen-bond acceptors (Lipinski definition) is 0. The van der Waals surface area contributed by atoms with Gasteiger partial charge in [0.2, 0.25) is 0 Å². The molecule has 0 bridgehead atoms. The molecule has 2 aliphatic rings. The summed E-state index contributed by atoms with van der Waals surface area (Å²) in [5.41, 5.74) is 1.93. The largest absolute Gasteiger partial charge is 0.118 e. The van der Waals surface area contributed by atoms with Gasteiger partial charge in [-0.2, -0.15) is 0 Å². The van der Waals surface area contributed by atoms with Crippen LogP contribution in [0, 0.1) is 10.8 Å². The smallest absolute Gasteiger partial charge is 0.0544 e. The van der Waals surface area contributed by atoms with E-state index in [4.69, 9.17) is 11.6 Å². The molecule has 0 aliphatic heterocycles. The molecule has 0 saturated heterocycles. The molecule has 0 amide bonds. The second kappa shape index (κ2) is 4.77. The van der Waals surface area contributed by atoms with Crippen LogP contribution in [-0.2, 0) is 0 Å². The highest BCUT2D eigenvalue weighted by molar-refractivity contribution is 9.09. The van der Waals surface area contributed by atoms with E-state index in [2.05, 4.69) is 59.2 Å². The molecular formula is C15H23Br2Cl. The second-order valence-corrected chi connectivity index (χ2v) is 9.94. The quantitative estimate of drug-likeness (QED) is 0.344. The van der Waals surface area contributed by atoms with Crippen LogP contribution in [0.3, 0.4) is 0 Å². The first-order valence-electron chi connectivity index (χ1n) is 6.79. The van der Waals surface area contributed by atoms with Gasteiger partial charge in [-0.15, -0.1) is 11.6 Å². The summed E-state index contributed by atoms with van der Waals surface area (Å²) >= 11 is 14.4. The Morgan fingerprint density at radius 3 is 2.33 bits per heavy atom. The van der Waals surface area contributed by atoms with Crippen molar-refractivity contribution in [2.24, 2.45) is 10.8 Å². The van der Waals surface area contributed by atoms with Gasteiger partial charge in [0, 0.05) is 9.65 Å². The Hall–Kier alpha value is 0.990. The van der Waals surface area contributed by atoms with Crippen LogP contribution in [0.4, 0.5) is 0 Å². The zero-order valence-corrected chi connectivity index (χ0v) is 15.5. The van der Waals surface area contributed by atoms with Crippen molar-refractivity contribution in [3.63, 3.8) is 0 Å². The van der Waals surface area contributed by atoms with Crippen molar-refractivity contribution >= 4 is 43.5 Å². The Morgan fingerprint density at radius 2 is 1.78 bits per heavy atom. The van der Waals surface area contributed by atoms with Gasteiger partial charge in [0.15, 0.2) is 0 Å². The molecule has 2 rings (SSSR count). The van der Waals surface area contributed by atoms with Gasteiger partial charge in [-0.1, -0.05) is 57.9 Å². The van der Waals surface area contributed by atoms with Gasteiger partial charge in [0.1, 0.15) is 0 Å². The van der Waals surface area contributed by atoms with E-state index in [1.807, 2.05) is 0 Å². The highest BCUT2D eigenvalue weighted by Crippen LogP contribution is 2.64. The highest BCUT2D eigenvalue weighted by Gasteiger charge is 2.57. The molecule has 0 radical (unpaired) electrons. The SMILES string of the molecule is C=C1CC[C@@H](Br)C(C)(C)C12CCC(C)(Cl)C(Br)C2. The van der Waals surface area contributed by atoms with Crippen LogP contribution in [0.1, 0.15) is 52.9 Å². The van der Waals surface area contributed by atoms with E-state index in [0.29, 0.717) is 9.65 Å². The number of hydrogen-bond donors (Lipinski definition) is 0. The van der Waals surface area contributed by atoms with E-state index < -0.39 is 0 Å². The van der Waals surface area contributed by atoms with Gasteiger partial charge < -0.3 is 0 Å². The van der Waals surface area contributed by atoms with E-state index in [1.54, 1.807) is 0 Å². The standard InChI is InChI=1S/C15H23Br2Cl/c1-10-5-6-11(16)13(2,3)15(10)8-7-14(4,18)12(17)9-15/h11-12H,1,5-9H2,2-4H3/t11-,12?,14?,15?/m1/s1. The lowest BCUT2D eigenvalue weighted by Gasteiger charge is -2.59. The number of allylic oxidation sites excluding steroid dienone is 1. The fourth-order valence-corrected chi connectivity index (χ4v) is 5.42. The van der Waals surface area contributed by atoms with Gasteiger partial charge in [-0.05, 0) is 49.9 Å². The topological polar surface area (TPSA) is 0 Å². The summed E-state index contributed by atoms with van der Waals surface area (Å²) in [4.78, 5) is 0.838. The Bertz CT molecular complexity index is 362. The Balaban J connectivity index is 2.37. The van der Waals surface area contributed by atoms with Crippen LogP contribution in [-0.4, -0.2) is 14.5 Å². The lowest BCUT2D eigenvalue weighted by atomic mass is 9.50. The average Bonchev–Trinajstić information content (AvgIpc) is 2.27. The van der Waals surface area contributed by atoms with E-state index in [-0.39, 0.29) is 15.7 Å². The maximum absolute atomic E-state index is 6.61. The molecule has 3 unspecified atom stereocenters. The molecule has 2 aliphatic carbocycles. The zero-order valence-electron chi connectivity index (χ0n) is 11.5. The van der Waals surface area contributed by atoms with Crippen molar-refractivity contribution in [3.05, 3.63) is 12.2 Å².